The molecule has 0 bridgehead atoms. The van der Waals surface area contributed by atoms with Crippen molar-refractivity contribution in [2.24, 2.45) is 5.92 Å². The van der Waals surface area contributed by atoms with Crippen LogP contribution in [0.4, 0.5) is 0 Å². The topological polar surface area (TPSA) is 70.0 Å². The molecule has 110 valence electrons. The van der Waals surface area contributed by atoms with E-state index in [1.807, 2.05) is 0 Å². The third kappa shape index (κ3) is 4.63. The molecule has 4 nitrogen and oxygen atoms in total. The van der Waals surface area contributed by atoms with Crippen LogP contribution in [0.25, 0.3) is 0 Å². The molecular weight excluding hydrogens is 331 g/mol. The van der Waals surface area contributed by atoms with Crippen molar-refractivity contribution in [2.75, 3.05) is 5.75 Å². The van der Waals surface area contributed by atoms with Crippen LogP contribution in [-0.2, 0) is 9.59 Å². The Kier molecular flexibility index (Phi) is 5.51. The number of thioether (sulfide) groups is 1. The number of carbonyl (C=O) groups excluding carboxylic acids is 2. The van der Waals surface area contributed by atoms with E-state index in [1.54, 1.807) is 24.3 Å². The molecule has 1 N–H and O–H groups in total. The summed E-state index contributed by atoms with van der Waals surface area (Å²) >= 11 is 13.0. The predicted octanol–water partition coefficient (Wildman–Crippen LogP) is 3.07. The van der Waals surface area contributed by atoms with Gasteiger partial charge in [0, 0.05) is 16.0 Å². The summed E-state index contributed by atoms with van der Waals surface area (Å²) in [6.45, 7) is 0. The zero-order valence-corrected chi connectivity index (χ0v) is 13.3. The molecule has 1 fully saturated rings. The van der Waals surface area contributed by atoms with Crippen molar-refractivity contribution in [1.82, 2.24) is 5.32 Å². The number of halogens is 2. The number of Topliss-reactive ketones (excluding diaryl/α,β-unsaturated/α-hetero) is 1. The Morgan fingerprint density at radius 1 is 1.43 bits per heavy atom. The molecule has 1 amide bonds. The smallest absolute Gasteiger partial charge is 0.245 e. The largest absolute Gasteiger partial charge is 0.352 e. The number of amides is 1. The summed E-state index contributed by atoms with van der Waals surface area (Å²) in [4.78, 5) is 24.4. The van der Waals surface area contributed by atoms with Gasteiger partial charge in [-0.25, -0.2) is 0 Å². The summed E-state index contributed by atoms with van der Waals surface area (Å²) in [6, 6.07) is 6.82. The first kappa shape index (κ1) is 16.2. The fourth-order valence-electron chi connectivity index (χ4n) is 1.61. The maximum absolute atomic E-state index is 12.0. The van der Waals surface area contributed by atoms with Crippen molar-refractivity contribution in [1.29, 1.82) is 5.26 Å². The highest BCUT2D eigenvalue weighted by atomic mass is 35.5. The number of rotatable bonds is 6. The van der Waals surface area contributed by atoms with Crippen LogP contribution in [0.1, 0.15) is 12.8 Å². The monoisotopic (exact) mass is 342 g/mol. The summed E-state index contributed by atoms with van der Waals surface area (Å²) in [5.74, 6) is -2.22. The molecule has 1 aliphatic rings. The Balaban J connectivity index is 1.94. The van der Waals surface area contributed by atoms with Gasteiger partial charge in [-0.15, -0.1) is 11.8 Å². The number of carbonyl (C=O) groups is 2. The van der Waals surface area contributed by atoms with Gasteiger partial charge >= 0.3 is 0 Å². The standard InChI is InChI=1S/C14H12Cl2N2O2S/c15-8-1-4-11(16)13(5-8)21-7-12(19)10(6-17)14(20)18-9-2-3-9/h1,4-5,9-10H,2-3,7H2,(H,18,20). The molecule has 0 heterocycles. The molecule has 1 unspecified atom stereocenters. The molecule has 0 aliphatic heterocycles. The van der Waals surface area contributed by atoms with Crippen LogP contribution in [0.2, 0.25) is 10.0 Å². The van der Waals surface area contributed by atoms with Crippen molar-refractivity contribution < 1.29 is 9.59 Å². The van der Waals surface area contributed by atoms with Crippen molar-refractivity contribution >= 4 is 46.7 Å². The van der Waals surface area contributed by atoms with Crippen molar-refractivity contribution in [3.63, 3.8) is 0 Å². The second kappa shape index (κ2) is 7.17. The first-order chi connectivity index (χ1) is 10.0. The predicted molar refractivity (Wildman–Crippen MR) is 82.5 cm³/mol. The van der Waals surface area contributed by atoms with Gasteiger partial charge in [-0.2, -0.15) is 5.26 Å². The number of nitrogens with zero attached hydrogens (tertiary/aromatic N) is 1. The highest BCUT2D eigenvalue weighted by molar-refractivity contribution is 8.00. The first-order valence-corrected chi connectivity index (χ1v) is 8.06. The van der Waals surface area contributed by atoms with Crippen molar-refractivity contribution in [3.8, 4) is 6.07 Å². The maximum Gasteiger partial charge on any atom is 0.245 e. The lowest BCUT2D eigenvalue weighted by Crippen LogP contribution is -2.36. The Morgan fingerprint density at radius 3 is 2.76 bits per heavy atom. The van der Waals surface area contributed by atoms with Gasteiger partial charge in [0.05, 0.1) is 16.8 Å². The van der Waals surface area contributed by atoms with Gasteiger partial charge in [-0.3, -0.25) is 9.59 Å². The fourth-order valence-corrected chi connectivity index (χ4v) is 3.01. The highest BCUT2D eigenvalue weighted by Crippen LogP contribution is 2.30. The van der Waals surface area contributed by atoms with Gasteiger partial charge in [0.1, 0.15) is 0 Å². The zero-order valence-electron chi connectivity index (χ0n) is 10.9. The Bertz CT molecular complexity index is 611. The molecule has 0 radical (unpaired) electrons. The normalized spacial score (nSPS) is 15.1. The third-order valence-corrected chi connectivity index (χ3v) is 4.65. The molecule has 7 heteroatoms. The third-order valence-electron chi connectivity index (χ3n) is 2.90. The molecule has 1 aliphatic carbocycles. The summed E-state index contributed by atoms with van der Waals surface area (Å²) in [5, 5.41) is 12.7. The van der Waals surface area contributed by atoms with E-state index in [4.69, 9.17) is 28.5 Å². The Hall–Kier alpha value is -1.22. The SMILES string of the molecule is N#CC(C(=O)CSc1cc(Cl)ccc1Cl)C(=O)NC1CC1. The van der Waals surface area contributed by atoms with Gasteiger partial charge in [-0.05, 0) is 31.0 Å². The number of benzene rings is 1. The quantitative estimate of drug-likeness (QED) is 0.637. The molecule has 1 aromatic rings. The summed E-state index contributed by atoms with van der Waals surface area (Å²) in [5.41, 5.74) is 0. The van der Waals surface area contributed by atoms with Crippen LogP contribution in [0.15, 0.2) is 23.1 Å². The molecule has 1 saturated carbocycles. The first-order valence-electron chi connectivity index (χ1n) is 6.32. The summed E-state index contributed by atoms with van der Waals surface area (Å²) in [7, 11) is 0. The number of nitriles is 1. The minimum atomic E-state index is -1.27. The van der Waals surface area contributed by atoms with Gasteiger partial charge in [0.15, 0.2) is 11.7 Å². The van der Waals surface area contributed by atoms with Gasteiger partial charge < -0.3 is 5.32 Å². The molecule has 1 aromatic carbocycles. The van der Waals surface area contributed by atoms with E-state index >= 15 is 0 Å². The molecule has 0 saturated heterocycles. The average molecular weight is 343 g/mol. The molecule has 21 heavy (non-hydrogen) atoms. The van der Waals surface area contributed by atoms with Crippen molar-refractivity contribution in [3.05, 3.63) is 28.2 Å². The molecule has 1 atom stereocenters. The zero-order chi connectivity index (χ0) is 15.4. The Labute approximate surface area is 136 Å². The van der Waals surface area contributed by atoms with E-state index in [0.29, 0.717) is 14.9 Å². The van der Waals surface area contributed by atoms with Crippen molar-refractivity contribution in [2.45, 2.75) is 23.8 Å². The number of hydrogen-bond acceptors (Lipinski definition) is 4. The molecule has 0 spiro atoms. The number of ketones is 1. The lowest BCUT2D eigenvalue weighted by Gasteiger charge is -2.09. The second-order valence-electron chi connectivity index (χ2n) is 4.67. The van der Waals surface area contributed by atoms with E-state index < -0.39 is 17.6 Å². The molecule has 2 rings (SSSR count). The van der Waals surface area contributed by atoms with E-state index in [1.165, 1.54) is 11.8 Å². The second-order valence-corrected chi connectivity index (χ2v) is 6.54. The Morgan fingerprint density at radius 2 is 2.14 bits per heavy atom. The van der Waals surface area contributed by atoms with Crippen LogP contribution in [0.5, 0.6) is 0 Å². The average Bonchev–Trinajstić information content (AvgIpc) is 3.24. The van der Waals surface area contributed by atoms with Gasteiger partial charge in [-0.1, -0.05) is 23.2 Å². The molecule has 0 aromatic heterocycles. The maximum atomic E-state index is 12.0. The van der Waals surface area contributed by atoms with E-state index in [-0.39, 0.29) is 11.8 Å². The van der Waals surface area contributed by atoms with Crippen LogP contribution >= 0.6 is 35.0 Å². The minimum absolute atomic E-state index is 0.00360. The van der Waals surface area contributed by atoms with Gasteiger partial charge in [0.25, 0.3) is 0 Å². The molecular formula is C14H12Cl2N2O2S. The fraction of sp³-hybridized carbons (Fsp3) is 0.357. The minimum Gasteiger partial charge on any atom is -0.352 e. The summed E-state index contributed by atoms with van der Waals surface area (Å²) in [6.07, 6.45) is 1.82. The highest BCUT2D eigenvalue weighted by Gasteiger charge is 2.31. The summed E-state index contributed by atoms with van der Waals surface area (Å²) < 4.78 is 0. The van der Waals surface area contributed by atoms with E-state index in [9.17, 15) is 9.59 Å². The van der Waals surface area contributed by atoms with Crippen LogP contribution in [0.3, 0.4) is 0 Å². The lowest BCUT2D eigenvalue weighted by molar-refractivity contribution is -0.130. The number of hydrogen-bond donors (Lipinski definition) is 1. The van der Waals surface area contributed by atoms with Crippen LogP contribution in [0, 0.1) is 17.2 Å². The van der Waals surface area contributed by atoms with E-state index in [2.05, 4.69) is 5.32 Å². The van der Waals surface area contributed by atoms with Crippen LogP contribution in [-0.4, -0.2) is 23.5 Å². The van der Waals surface area contributed by atoms with Gasteiger partial charge in [0.2, 0.25) is 5.91 Å². The van der Waals surface area contributed by atoms with E-state index in [0.717, 1.165) is 12.8 Å². The number of nitrogens with one attached hydrogen (secondary N) is 1. The lowest BCUT2D eigenvalue weighted by atomic mass is 10.1. The van der Waals surface area contributed by atoms with Crippen LogP contribution < -0.4 is 5.32 Å².